The molecule has 0 radical (unpaired) electrons. The number of thiophene rings is 1. The van der Waals surface area contributed by atoms with Crippen LogP contribution in [0, 0.1) is 6.92 Å². The first-order valence-electron chi connectivity index (χ1n) is 6.77. The van der Waals surface area contributed by atoms with Crippen LogP contribution in [0.3, 0.4) is 0 Å². The van der Waals surface area contributed by atoms with Gasteiger partial charge >= 0.3 is 5.97 Å². The van der Waals surface area contributed by atoms with Crippen LogP contribution in [0.2, 0.25) is 0 Å². The van der Waals surface area contributed by atoms with Gasteiger partial charge in [0.1, 0.15) is 15.5 Å². The number of methoxy groups -OCH3 is 2. The SMILES string of the molecule is COC(=O)c1sc2nc(C)ccc2c1-c1ccc(OC)cc1. The lowest BCUT2D eigenvalue weighted by Gasteiger charge is -2.05. The summed E-state index contributed by atoms with van der Waals surface area (Å²) in [5.41, 5.74) is 2.73. The van der Waals surface area contributed by atoms with Crippen molar-refractivity contribution in [2.24, 2.45) is 0 Å². The maximum Gasteiger partial charge on any atom is 0.348 e. The fraction of sp³-hybridized carbons (Fsp3) is 0.176. The normalized spacial score (nSPS) is 10.7. The second-order valence-corrected chi connectivity index (χ2v) is 5.83. The number of aromatic nitrogens is 1. The number of rotatable bonds is 3. The van der Waals surface area contributed by atoms with Gasteiger partial charge in [0.2, 0.25) is 0 Å². The van der Waals surface area contributed by atoms with Crippen molar-refractivity contribution in [3.8, 4) is 16.9 Å². The van der Waals surface area contributed by atoms with Crippen LogP contribution >= 0.6 is 11.3 Å². The highest BCUT2D eigenvalue weighted by atomic mass is 32.1. The number of carbonyl (C=O) groups is 1. The molecule has 0 unspecified atom stereocenters. The fourth-order valence-electron chi connectivity index (χ4n) is 2.35. The highest BCUT2D eigenvalue weighted by molar-refractivity contribution is 7.21. The molecule has 3 rings (SSSR count). The van der Waals surface area contributed by atoms with E-state index in [2.05, 4.69) is 4.98 Å². The summed E-state index contributed by atoms with van der Waals surface area (Å²) in [6.07, 6.45) is 0. The van der Waals surface area contributed by atoms with Crippen LogP contribution in [0.15, 0.2) is 36.4 Å². The molecule has 22 heavy (non-hydrogen) atoms. The Labute approximate surface area is 132 Å². The quantitative estimate of drug-likeness (QED) is 0.684. The molecule has 0 bridgehead atoms. The topological polar surface area (TPSA) is 48.4 Å². The number of aryl methyl sites for hydroxylation is 1. The van der Waals surface area contributed by atoms with Crippen molar-refractivity contribution in [1.82, 2.24) is 4.98 Å². The minimum atomic E-state index is -0.341. The van der Waals surface area contributed by atoms with Crippen LogP contribution in [-0.2, 0) is 4.74 Å². The van der Waals surface area contributed by atoms with Crippen LogP contribution in [0.1, 0.15) is 15.4 Å². The summed E-state index contributed by atoms with van der Waals surface area (Å²) in [6.45, 7) is 1.93. The number of esters is 1. The Kier molecular flexibility index (Phi) is 3.81. The van der Waals surface area contributed by atoms with Crippen molar-refractivity contribution in [2.45, 2.75) is 6.92 Å². The Morgan fingerprint density at radius 3 is 2.45 bits per heavy atom. The van der Waals surface area contributed by atoms with Gasteiger partial charge in [-0.1, -0.05) is 12.1 Å². The largest absolute Gasteiger partial charge is 0.497 e. The summed E-state index contributed by atoms with van der Waals surface area (Å²) in [6, 6.07) is 11.6. The van der Waals surface area contributed by atoms with Gasteiger partial charge in [0.25, 0.3) is 0 Å². The van der Waals surface area contributed by atoms with E-state index in [1.54, 1.807) is 7.11 Å². The number of pyridine rings is 1. The maximum absolute atomic E-state index is 12.1. The summed E-state index contributed by atoms with van der Waals surface area (Å²) in [7, 11) is 3.02. The standard InChI is InChI=1S/C17H15NO3S/c1-10-4-9-13-14(11-5-7-12(20-2)8-6-11)15(17(19)21-3)22-16(13)18-10/h4-9H,1-3H3. The highest BCUT2D eigenvalue weighted by Crippen LogP contribution is 2.38. The molecule has 4 nitrogen and oxygen atoms in total. The zero-order valence-corrected chi connectivity index (χ0v) is 13.4. The van der Waals surface area contributed by atoms with Crippen molar-refractivity contribution in [2.75, 3.05) is 14.2 Å². The molecule has 0 fully saturated rings. The van der Waals surface area contributed by atoms with Gasteiger partial charge in [0, 0.05) is 16.6 Å². The van der Waals surface area contributed by atoms with Crippen LogP contribution in [0.5, 0.6) is 5.75 Å². The van der Waals surface area contributed by atoms with Crippen molar-refractivity contribution >= 4 is 27.5 Å². The fourth-order valence-corrected chi connectivity index (χ4v) is 3.51. The lowest BCUT2D eigenvalue weighted by molar-refractivity contribution is 0.0607. The summed E-state index contributed by atoms with van der Waals surface area (Å²) < 4.78 is 10.1. The molecule has 5 heteroatoms. The second-order valence-electron chi connectivity index (χ2n) is 4.83. The van der Waals surface area contributed by atoms with E-state index in [0.29, 0.717) is 4.88 Å². The number of fused-ring (bicyclic) bond motifs is 1. The molecule has 1 aromatic carbocycles. The lowest BCUT2D eigenvalue weighted by Crippen LogP contribution is -1.99. The Morgan fingerprint density at radius 1 is 1.09 bits per heavy atom. The molecule has 0 aliphatic carbocycles. The Bertz CT molecular complexity index is 837. The molecule has 3 aromatic rings. The molecule has 0 amide bonds. The Morgan fingerprint density at radius 2 is 1.82 bits per heavy atom. The van der Waals surface area contributed by atoms with Crippen molar-refractivity contribution in [3.63, 3.8) is 0 Å². The van der Waals surface area contributed by atoms with Crippen molar-refractivity contribution in [1.29, 1.82) is 0 Å². The van der Waals surface area contributed by atoms with E-state index in [-0.39, 0.29) is 5.97 Å². The molecule has 0 saturated heterocycles. The van der Waals surface area contributed by atoms with Crippen molar-refractivity contribution in [3.05, 3.63) is 47.0 Å². The lowest BCUT2D eigenvalue weighted by atomic mass is 10.0. The number of ether oxygens (including phenoxy) is 2. The maximum atomic E-state index is 12.1. The molecule has 0 saturated carbocycles. The van der Waals surface area contributed by atoms with E-state index in [1.165, 1.54) is 18.4 Å². The van der Waals surface area contributed by atoms with Gasteiger partial charge in [-0.05, 0) is 36.8 Å². The molecule has 0 aliphatic heterocycles. The van der Waals surface area contributed by atoms with E-state index < -0.39 is 0 Å². The molecule has 2 aromatic heterocycles. The predicted molar refractivity (Wildman–Crippen MR) is 87.7 cm³/mol. The molecular formula is C17H15NO3S. The van der Waals surface area contributed by atoms with Gasteiger partial charge in [0.15, 0.2) is 0 Å². The zero-order valence-electron chi connectivity index (χ0n) is 12.5. The summed E-state index contributed by atoms with van der Waals surface area (Å²) in [4.78, 5) is 18.0. The highest BCUT2D eigenvalue weighted by Gasteiger charge is 2.21. The zero-order chi connectivity index (χ0) is 15.7. The minimum Gasteiger partial charge on any atom is -0.497 e. The Hall–Kier alpha value is -2.40. The monoisotopic (exact) mass is 313 g/mol. The Balaban J connectivity index is 2.26. The summed E-state index contributed by atoms with van der Waals surface area (Å²) >= 11 is 1.36. The third kappa shape index (κ3) is 2.44. The number of hydrogen-bond acceptors (Lipinski definition) is 5. The van der Waals surface area contributed by atoms with Gasteiger partial charge in [0.05, 0.1) is 14.2 Å². The van der Waals surface area contributed by atoms with Gasteiger partial charge in [-0.15, -0.1) is 11.3 Å². The van der Waals surface area contributed by atoms with Gasteiger partial charge in [-0.2, -0.15) is 0 Å². The average molecular weight is 313 g/mol. The number of nitrogens with zero attached hydrogens (tertiary/aromatic N) is 1. The van der Waals surface area contributed by atoms with Gasteiger partial charge in [-0.25, -0.2) is 9.78 Å². The first-order valence-corrected chi connectivity index (χ1v) is 7.58. The molecule has 0 aliphatic rings. The average Bonchev–Trinajstić information content (AvgIpc) is 2.92. The first kappa shape index (κ1) is 14.5. The number of benzene rings is 1. The van der Waals surface area contributed by atoms with E-state index in [9.17, 15) is 4.79 Å². The van der Waals surface area contributed by atoms with E-state index in [1.807, 2.05) is 43.3 Å². The third-order valence-corrected chi connectivity index (χ3v) is 4.52. The van der Waals surface area contributed by atoms with Crippen LogP contribution < -0.4 is 4.74 Å². The molecule has 0 N–H and O–H groups in total. The number of carbonyl (C=O) groups excluding carboxylic acids is 1. The minimum absolute atomic E-state index is 0.341. The van der Waals surface area contributed by atoms with Crippen molar-refractivity contribution < 1.29 is 14.3 Å². The van der Waals surface area contributed by atoms with Crippen LogP contribution in [-0.4, -0.2) is 25.2 Å². The molecular weight excluding hydrogens is 298 g/mol. The third-order valence-electron chi connectivity index (χ3n) is 3.44. The first-order chi connectivity index (χ1) is 10.6. The van der Waals surface area contributed by atoms with E-state index >= 15 is 0 Å². The molecule has 0 atom stereocenters. The van der Waals surface area contributed by atoms with Crippen LogP contribution in [0.4, 0.5) is 0 Å². The van der Waals surface area contributed by atoms with E-state index in [0.717, 1.165) is 32.8 Å². The molecule has 2 heterocycles. The summed E-state index contributed by atoms with van der Waals surface area (Å²) in [5, 5.41) is 0.959. The van der Waals surface area contributed by atoms with Gasteiger partial charge < -0.3 is 9.47 Å². The number of hydrogen-bond donors (Lipinski definition) is 0. The second kappa shape index (κ2) is 5.77. The smallest absolute Gasteiger partial charge is 0.348 e. The molecule has 0 spiro atoms. The van der Waals surface area contributed by atoms with E-state index in [4.69, 9.17) is 9.47 Å². The molecule has 112 valence electrons. The predicted octanol–water partition coefficient (Wildman–Crippen LogP) is 4.07. The summed E-state index contributed by atoms with van der Waals surface area (Å²) in [5.74, 6) is 0.434. The van der Waals surface area contributed by atoms with Gasteiger partial charge in [-0.3, -0.25) is 0 Å². The van der Waals surface area contributed by atoms with Crippen LogP contribution in [0.25, 0.3) is 21.3 Å².